The summed E-state index contributed by atoms with van der Waals surface area (Å²) in [4.78, 5) is 25.3. The zero-order chi connectivity index (χ0) is 17.1. The highest BCUT2D eigenvalue weighted by Crippen LogP contribution is 2.34. The average Bonchev–Trinajstić information content (AvgIpc) is 3.16. The normalized spacial score (nSPS) is 16.5. The molecule has 0 radical (unpaired) electrons. The molecule has 1 aromatic carbocycles. The number of carbonyl (C=O) groups excluding carboxylic acids is 1. The smallest absolute Gasteiger partial charge is 0.335 e. The van der Waals surface area contributed by atoms with Crippen molar-refractivity contribution >= 4 is 51.9 Å². The van der Waals surface area contributed by atoms with Crippen molar-refractivity contribution in [3.05, 3.63) is 71.0 Å². The van der Waals surface area contributed by atoms with Gasteiger partial charge >= 0.3 is 5.97 Å². The minimum atomic E-state index is -1.02. The molecule has 2 aromatic rings. The molecule has 0 saturated carbocycles. The van der Waals surface area contributed by atoms with Gasteiger partial charge in [-0.2, -0.15) is 0 Å². The Hall–Kier alpha value is -2.64. The first-order chi connectivity index (χ1) is 11.6. The van der Waals surface area contributed by atoms with Crippen molar-refractivity contribution in [1.29, 1.82) is 0 Å². The van der Waals surface area contributed by atoms with Crippen molar-refractivity contribution in [1.82, 2.24) is 0 Å². The second-order valence-electron chi connectivity index (χ2n) is 4.77. The van der Waals surface area contributed by atoms with Crippen molar-refractivity contribution in [2.24, 2.45) is 0 Å². The maximum atomic E-state index is 12.5. The molecule has 1 saturated heterocycles. The molecule has 1 aromatic heterocycles. The van der Waals surface area contributed by atoms with Gasteiger partial charge in [0.2, 0.25) is 0 Å². The van der Waals surface area contributed by atoms with Crippen LogP contribution in [-0.2, 0) is 4.79 Å². The number of carboxylic acid groups (broad SMARTS) is 1. The Labute approximate surface area is 147 Å². The van der Waals surface area contributed by atoms with Crippen LogP contribution in [0.5, 0.6) is 0 Å². The lowest BCUT2D eigenvalue weighted by Crippen LogP contribution is -2.27. The third-order valence-electron chi connectivity index (χ3n) is 3.22. The van der Waals surface area contributed by atoms with Gasteiger partial charge < -0.3 is 9.52 Å². The van der Waals surface area contributed by atoms with E-state index < -0.39 is 5.97 Å². The molecule has 7 heteroatoms. The number of amides is 1. The average molecular weight is 357 g/mol. The Kier molecular flexibility index (Phi) is 4.64. The Morgan fingerprint density at radius 1 is 1.25 bits per heavy atom. The number of anilines is 1. The van der Waals surface area contributed by atoms with Crippen molar-refractivity contribution < 1.29 is 19.1 Å². The minimum Gasteiger partial charge on any atom is -0.478 e. The Morgan fingerprint density at radius 2 is 2.00 bits per heavy atom. The summed E-state index contributed by atoms with van der Waals surface area (Å²) in [6, 6.07) is 9.60. The molecular weight excluding hydrogens is 346 g/mol. The summed E-state index contributed by atoms with van der Waals surface area (Å²) in [5.41, 5.74) is 0.696. The van der Waals surface area contributed by atoms with Gasteiger partial charge in [0.1, 0.15) is 5.76 Å². The number of rotatable bonds is 4. The molecule has 0 spiro atoms. The van der Waals surface area contributed by atoms with Crippen LogP contribution >= 0.6 is 24.0 Å². The maximum absolute atomic E-state index is 12.5. The van der Waals surface area contributed by atoms with E-state index in [1.165, 1.54) is 28.8 Å². The standard InChI is InChI=1S/C17H11NO4S2/c19-15-14(5-1-3-13-4-2-10-22-13)24-17(23)18(15)12-8-6-11(7-9-12)16(20)21/h1-10H,(H,20,21)/b3-1+,14-5+. The number of allylic oxidation sites excluding steroid dienone is 2. The predicted molar refractivity (Wildman–Crippen MR) is 96.9 cm³/mol. The lowest BCUT2D eigenvalue weighted by molar-refractivity contribution is -0.113. The maximum Gasteiger partial charge on any atom is 0.335 e. The fourth-order valence-corrected chi connectivity index (χ4v) is 3.32. The minimum absolute atomic E-state index is 0.154. The number of thiocarbonyl (C=S) groups is 1. The lowest BCUT2D eigenvalue weighted by atomic mass is 10.2. The molecular formula is C17H11NO4S2. The van der Waals surface area contributed by atoms with Crippen LogP contribution < -0.4 is 4.90 Å². The third-order valence-corrected chi connectivity index (χ3v) is 4.54. The van der Waals surface area contributed by atoms with E-state index in [1.54, 1.807) is 48.8 Å². The summed E-state index contributed by atoms with van der Waals surface area (Å²) >= 11 is 6.45. The summed E-state index contributed by atoms with van der Waals surface area (Å²) in [5, 5.41) is 8.93. The fraction of sp³-hybridized carbons (Fsp3) is 0. The number of carbonyl (C=O) groups is 2. The zero-order valence-corrected chi connectivity index (χ0v) is 13.8. The van der Waals surface area contributed by atoms with E-state index in [-0.39, 0.29) is 11.5 Å². The molecule has 5 nitrogen and oxygen atoms in total. The van der Waals surface area contributed by atoms with Gasteiger partial charge in [-0.05, 0) is 48.6 Å². The van der Waals surface area contributed by atoms with Crippen LogP contribution in [0.15, 0.2) is 64.1 Å². The summed E-state index contributed by atoms with van der Waals surface area (Å²) in [7, 11) is 0. The highest BCUT2D eigenvalue weighted by molar-refractivity contribution is 8.27. The van der Waals surface area contributed by atoms with Gasteiger partial charge in [0.15, 0.2) is 4.32 Å². The SMILES string of the molecule is O=C(O)c1ccc(N2C(=O)/C(=C\C=C\c3ccco3)SC2=S)cc1. The molecule has 2 heterocycles. The molecule has 0 aliphatic carbocycles. The zero-order valence-electron chi connectivity index (χ0n) is 12.2. The molecule has 1 aliphatic rings. The molecule has 0 unspecified atom stereocenters. The van der Waals surface area contributed by atoms with E-state index in [1.807, 2.05) is 0 Å². The Morgan fingerprint density at radius 3 is 2.62 bits per heavy atom. The first-order valence-electron chi connectivity index (χ1n) is 6.88. The molecule has 1 N–H and O–H groups in total. The first kappa shape index (κ1) is 16.2. The van der Waals surface area contributed by atoms with Crippen LogP contribution in [-0.4, -0.2) is 21.3 Å². The van der Waals surface area contributed by atoms with Gasteiger partial charge in [0.25, 0.3) is 5.91 Å². The van der Waals surface area contributed by atoms with Crippen LogP contribution in [0.25, 0.3) is 6.08 Å². The summed E-state index contributed by atoms with van der Waals surface area (Å²) in [5.74, 6) is -0.571. The number of furan rings is 1. The molecule has 24 heavy (non-hydrogen) atoms. The van der Waals surface area contributed by atoms with Gasteiger partial charge in [0.05, 0.1) is 22.4 Å². The fourth-order valence-electron chi connectivity index (χ4n) is 2.07. The van der Waals surface area contributed by atoms with Crippen molar-refractivity contribution in [2.75, 3.05) is 4.90 Å². The number of aromatic carboxylic acids is 1. The second kappa shape index (κ2) is 6.86. The Balaban J connectivity index is 1.80. The molecule has 1 fully saturated rings. The number of hydrogen-bond donors (Lipinski definition) is 1. The number of hydrogen-bond acceptors (Lipinski definition) is 5. The van der Waals surface area contributed by atoms with E-state index in [4.69, 9.17) is 21.7 Å². The van der Waals surface area contributed by atoms with Gasteiger partial charge in [-0.1, -0.05) is 30.1 Å². The summed E-state index contributed by atoms with van der Waals surface area (Å²) < 4.78 is 5.58. The van der Waals surface area contributed by atoms with Crippen LogP contribution in [0, 0.1) is 0 Å². The lowest BCUT2D eigenvalue weighted by Gasteiger charge is -2.14. The number of nitrogens with zero attached hydrogens (tertiary/aromatic N) is 1. The monoisotopic (exact) mass is 357 g/mol. The van der Waals surface area contributed by atoms with Crippen molar-refractivity contribution in [3.8, 4) is 0 Å². The van der Waals surface area contributed by atoms with Crippen LogP contribution in [0.2, 0.25) is 0 Å². The van der Waals surface area contributed by atoms with Gasteiger partial charge in [-0.3, -0.25) is 9.69 Å². The Bertz CT molecular complexity index is 851. The topological polar surface area (TPSA) is 70.8 Å². The van der Waals surface area contributed by atoms with Crippen LogP contribution in [0.1, 0.15) is 16.1 Å². The van der Waals surface area contributed by atoms with Gasteiger partial charge in [0, 0.05) is 0 Å². The van der Waals surface area contributed by atoms with E-state index in [0.717, 1.165) is 0 Å². The van der Waals surface area contributed by atoms with Crippen molar-refractivity contribution in [2.45, 2.75) is 0 Å². The van der Waals surface area contributed by atoms with Gasteiger partial charge in [-0.25, -0.2) is 4.79 Å². The van der Waals surface area contributed by atoms with E-state index in [9.17, 15) is 9.59 Å². The number of benzene rings is 1. The molecule has 120 valence electrons. The largest absolute Gasteiger partial charge is 0.478 e. The molecule has 0 atom stereocenters. The van der Waals surface area contributed by atoms with Gasteiger partial charge in [-0.15, -0.1) is 0 Å². The van der Waals surface area contributed by atoms with E-state index in [2.05, 4.69) is 0 Å². The van der Waals surface area contributed by atoms with E-state index in [0.29, 0.717) is 20.7 Å². The predicted octanol–water partition coefficient (Wildman–Crippen LogP) is 3.94. The summed E-state index contributed by atoms with van der Waals surface area (Å²) in [6.45, 7) is 0. The molecule has 1 amide bonds. The summed E-state index contributed by atoms with van der Waals surface area (Å²) in [6.07, 6.45) is 6.71. The number of carboxylic acids is 1. The van der Waals surface area contributed by atoms with E-state index >= 15 is 0 Å². The van der Waals surface area contributed by atoms with Crippen LogP contribution in [0.3, 0.4) is 0 Å². The van der Waals surface area contributed by atoms with Crippen LogP contribution in [0.4, 0.5) is 5.69 Å². The first-order valence-corrected chi connectivity index (χ1v) is 8.10. The highest BCUT2D eigenvalue weighted by atomic mass is 32.2. The molecule has 1 aliphatic heterocycles. The molecule has 3 rings (SSSR count). The second-order valence-corrected chi connectivity index (χ2v) is 6.44. The highest BCUT2D eigenvalue weighted by Gasteiger charge is 2.32. The molecule has 0 bridgehead atoms. The third kappa shape index (κ3) is 3.32. The quantitative estimate of drug-likeness (QED) is 0.660. The van der Waals surface area contributed by atoms with Crippen molar-refractivity contribution in [3.63, 3.8) is 0 Å². The number of thioether (sulfide) groups is 1.